The molecule has 0 atom stereocenters. The van der Waals surface area contributed by atoms with Gasteiger partial charge in [0.15, 0.2) is 6.19 Å². The quantitative estimate of drug-likeness (QED) is 0.478. The summed E-state index contributed by atoms with van der Waals surface area (Å²) in [6.45, 7) is -0.163. The predicted molar refractivity (Wildman–Crippen MR) is 30.7 cm³/mol. The Kier molecular flexibility index (Phi) is 1.67. The Balaban J connectivity index is 2.79. The van der Waals surface area contributed by atoms with E-state index in [4.69, 9.17) is 5.26 Å². The van der Waals surface area contributed by atoms with Crippen LogP contribution in [-0.2, 0) is 0 Å². The minimum absolute atomic E-state index is 0.163. The van der Waals surface area contributed by atoms with Crippen molar-refractivity contribution in [3.05, 3.63) is 23.9 Å². The average Bonchev–Trinajstić information content (AvgIpc) is 1.85. The van der Waals surface area contributed by atoms with Gasteiger partial charge in [-0.25, -0.2) is 8.78 Å². The summed E-state index contributed by atoms with van der Waals surface area (Å²) in [5.41, 5.74) is 0. The first-order valence-corrected chi connectivity index (χ1v) is 2.62. The van der Waals surface area contributed by atoms with Crippen LogP contribution in [0.3, 0.4) is 0 Å². The minimum atomic E-state index is -0.731. The normalized spacial score (nSPS) is 17.5. The Hall–Kier alpha value is -1.37. The van der Waals surface area contributed by atoms with Crippen molar-refractivity contribution in [1.29, 1.82) is 5.26 Å². The first kappa shape index (κ1) is 6.75. The van der Waals surface area contributed by atoms with Gasteiger partial charge in [0.2, 0.25) is 0 Å². The maximum Gasteiger partial charge on any atom is 0.184 e. The van der Waals surface area contributed by atoms with Gasteiger partial charge in [-0.1, -0.05) is 0 Å². The molecule has 0 aromatic rings. The lowest BCUT2D eigenvalue weighted by Gasteiger charge is -2.11. The van der Waals surface area contributed by atoms with Crippen molar-refractivity contribution >= 4 is 0 Å². The summed E-state index contributed by atoms with van der Waals surface area (Å²) in [6.07, 6.45) is 3.31. The summed E-state index contributed by atoms with van der Waals surface area (Å²) in [5, 5.41) is 8.20. The highest BCUT2D eigenvalue weighted by molar-refractivity contribution is 5.21. The highest BCUT2D eigenvalue weighted by atomic mass is 19.1. The van der Waals surface area contributed by atoms with Gasteiger partial charge in [-0.2, -0.15) is 5.26 Å². The third kappa shape index (κ3) is 1.32. The van der Waals surface area contributed by atoms with Crippen LogP contribution in [-0.4, -0.2) is 11.4 Å². The van der Waals surface area contributed by atoms with Crippen LogP contribution in [0.5, 0.6) is 0 Å². The third-order valence-corrected chi connectivity index (χ3v) is 1.02. The Bertz CT molecular complexity index is 237. The lowest BCUT2D eigenvalue weighted by Crippen LogP contribution is -2.15. The van der Waals surface area contributed by atoms with Gasteiger partial charge in [0.25, 0.3) is 0 Å². The molecule has 1 rings (SSSR count). The SMILES string of the molecule is N#CN1C=C(F)C=C(F)C1. The van der Waals surface area contributed by atoms with E-state index in [0.717, 1.165) is 17.2 Å². The van der Waals surface area contributed by atoms with Gasteiger partial charge in [-0.3, -0.25) is 4.90 Å². The Morgan fingerprint density at radius 3 is 2.80 bits per heavy atom. The van der Waals surface area contributed by atoms with Crippen molar-refractivity contribution in [2.45, 2.75) is 0 Å². The lowest BCUT2D eigenvalue weighted by molar-refractivity contribution is 0.451. The van der Waals surface area contributed by atoms with Crippen molar-refractivity contribution < 1.29 is 8.78 Å². The molecule has 0 aromatic heterocycles. The van der Waals surface area contributed by atoms with Crippen molar-refractivity contribution in [3.63, 3.8) is 0 Å². The van der Waals surface area contributed by atoms with Gasteiger partial charge in [0.1, 0.15) is 11.7 Å². The van der Waals surface area contributed by atoms with E-state index in [-0.39, 0.29) is 6.54 Å². The molecule has 0 bridgehead atoms. The predicted octanol–water partition coefficient (Wildman–Crippen LogP) is 1.45. The molecule has 0 saturated carbocycles. The van der Waals surface area contributed by atoms with Crippen LogP contribution in [0, 0.1) is 11.5 Å². The molecule has 52 valence electrons. The summed E-state index contributed by atoms with van der Waals surface area (Å²) in [5.74, 6) is -1.37. The molecule has 4 heteroatoms. The monoisotopic (exact) mass is 142 g/mol. The van der Waals surface area contributed by atoms with Crippen LogP contribution >= 0.6 is 0 Å². The number of nitrogens with zero attached hydrogens (tertiary/aromatic N) is 2. The molecule has 0 aliphatic carbocycles. The van der Waals surface area contributed by atoms with Gasteiger partial charge in [0, 0.05) is 6.08 Å². The standard InChI is InChI=1S/C6H4F2N2/c7-5-1-6(8)3-10(2-5)4-9/h1-2H,3H2. The van der Waals surface area contributed by atoms with E-state index in [0.29, 0.717) is 0 Å². The summed E-state index contributed by atoms with van der Waals surface area (Å²) >= 11 is 0. The van der Waals surface area contributed by atoms with E-state index in [1.807, 2.05) is 0 Å². The fraction of sp³-hybridized carbons (Fsp3) is 0.167. The Morgan fingerprint density at radius 1 is 1.60 bits per heavy atom. The first-order chi connectivity index (χ1) is 4.72. The molecule has 0 aromatic carbocycles. The van der Waals surface area contributed by atoms with E-state index < -0.39 is 11.7 Å². The van der Waals surface area contributed by atoms with Crippen molar-refractivity contribution in [2.24, 2.45) is 0 Å². The van der Waals surface area contributed by atoms with Crippen LogP contribution < -0.4 is 0 Å². The van der Waals surface area contributed by atoms with E-state index >= 15 is 0 Å². The van der Waals surface area contributed by atoms with Crippen LogP contribution in [0.4, 0.5) is 8.78 Å². The average molecular weight is 142 g/mol. The van der Waals surface area contributed by atoms with E-state index in [2.05, 4.69) is 0 Å². The van der Waals surface area contributed by atoms with Gasteiger partial charge in [-0.15, -0.1) is 0 Å². The molecule has 0 N–H and O–H groups in total. The molecule has 0 unspecified atom stereocenters. The summed E-state index contributed by atoms with van der Waals surface area (Å²) in [7, 11) is 0. The summed E-state index contributed by atoms with van der Waals surface area (Å²) in [6, 6.07) is 0. The molecule has 2 nitrogen and oxygen atoms in total. The van der Waals surface area contributed by atoms with Crippen LogP contribution in [0.2, 0.25) is 0 Å². The number of halogens is 2. The molecular formula is C6H4F2N2. The second kappa shape index (κ2) is 2.48. The van der Waals surface area contributed by atoms with Gasteiger partial charge >= 0.3 is 0 Å². The zero-order valence-electron chi connectivity index (χ0n) is 5.01. The number of nitriles is 1. The van der Waals surface area contributed by atoms with Gasteiger partial charge in [0.05, 0.1) is 12.7 Å². The largest absolute Gasteiger partial charge is 0.277 e. The Labute approximate surface area is 56.7 Å². The Morgan fingerprint density at radius 2 is 2.30 bits per heavy atom. The zero-order chi connectivity index (χ0) is 7.56. The second-order valence-electron chi connectivity index (χ2n) is 1.83. The topological polar surface area (TPSA) is 27.0 Å². The van der Waals surface area contributed by atoms with E-state index in [1.165, 1.54) is 0 Å². The summed E-state index contributed by atoms with van der Waals surface area (Å²) in [4.78, 5) is 0.880. The fourth-order valence-corrected chi connectivity index (χ4v) is 0.654. The molecule has 0 amide bonds. The summed E-state index contributed by atoms with van der Waals surface area (Å²) < 4.78 is 24.5. The lowest BCUT2D eigenvalue weighted by atomic mass is 10.3. The van der Waals surface area contributed by atoms with Crippen molar-refractivity contribution in [1.82, 2.24) is 4.90 Å². The first-order valence-electron chi connectivity index (χ1n) is 2.62. The molecular weight excluding hydrogens is 138 g/mol. The molecule has 0 radical (unpaired) electrons. The number of hydrogen-bond donors (Lipinski definition) is 0. The smallest absolute Gasteiger partial charge is 0.184 e. The molecule has 0 saturated heterocycles. The minimum Gasteiger partial charge on any atom is -0.277 e. The fourth-order valence-electron chi connectivity index (χ4n) is 0.654. The molecule has 1 heterocycles. The number of allylic oxidation sites excluding steroid dienone is 2. The van der Waals surface area contributed by atoms with Crippen molar-refractivity contribution in [3.8, 4) is 6.19 Å². The number of rotatable bonds is 0. The van der Waals surface area contributed by atoms with Crippen molar-refractivity contribution in [2.75, 3.05) is 6.54 Å². The van der Waals surface area contributed by atoms with E-state index in [9.17, 15) is 8.78 Å². The highest BCUT2D eigenvalue weighted by Crippen LogP contribution is 2.13. The number of hydrogen-bond acceptors (Lipinski definition) is 2. The second-order valence-corrected chi connectivity index (χ2v) is 1.83. The molecule has 1 aliphatic rings. The molecule has 0 spiro atoms. The molecule has 10 heavy (non-hydrogen) atoms. The maximum absolute atomic E-state index is 12.3. The van der Waals surface area contributed by atoms with Crippen LogP contribution in [0.1, 0.15) is 0 Å². The van der Waals surface area contributed by atoms with Gasteiger partial charge in [-0.05, 0) is 0 Å². The molecule has 0 fully saturated rings. The molecule has 1 aliphatic heterocycles. The third-order valence-electron chi connectivity index (χ3n) is 1.02. The van der Waals surface area contributed by atoms with Crippen LogP contribution in [0.15, 0.2) is 23.9 Å². The van der Waals surface area contributed by atoms with Crippen LogP contribution in [0.25, 0.3) is 0 Å². The highest BCUT2D eigenvalue weighted by Gasteiger charge is 2.09. The van der Waals surface area contributed by atoms with E-state index in [1.54, 1.807) is 6.19 Å². The zero-order valence-corrected chi connectivity index (χ0v) is 5.01. The van der Waals surface area contributed by atoms with Gasteiger partial charge < -0.3 is 0 Å². The maximum atomic E-state index is 12.3.